The van der Waals surface area contributed by atoms with Crippen molar-refractivity contribution in [2.24, 2.45) is 0 Å². The van der Waals surface area contributed by atoms with Crippen LogP contribution in [0.25, 0.3) is 6.08 Å². The van der Waals surface area contributed by atoms with Gasteiger partial charge in [0.1, 0.15) is 0 Å². The van der Waals surface area contributed by atoms with Crippen LogP contribution in [-0.2, 0) is 0 Å². The summed E-state index contributed by atoms with van der Waals surface area (Å²) in [5.74, 6) is -0.236. The lowest BCUT2D eigenvalue weighted by Crippen LogP contribution is -2.17. The molecule has 4 nitrogen and oxygen atoms in total. The quantitative estimate of drug-likeness (QED) is 0.682. The Morgan fingerprint density at radius 3 is 2.45 bits per heavy atom. The maximum atomic E-state index is 11.8. The van der Waals surface area contributed by atoms with Crippen molar-refractivity contribution in [3.05, 3.63) is 71.6 Å². The maximum absolute atomic E-state index is 11.8. The number of nitrogens with zero attached hydrogens (tertiary/aromatic N) is 1. The minimum Gasteiger partial charge on any atom is -0.355 e. The number of hydrogen-bond donors (Lipinski definition) is 1. The Morgan fingerprint density at radius 1 is 1.10 bits per heavy atom. The third-order valence-electron chi connectivity index (χ3n) is 2.77. The van der Waals surface area contributed by atoms with Gasteiger partial charge in [-0.3, -0.25) is 14.6 Å². The molecule has 0 fully saturated rings. The van der Waals surface area contributed by atoms with Crippen LogP contribution >= 0.6 is 0 Å². The molecule has 20 heavy (non-hydrogen) atoms. The number of carbonyl (C=O) groups is 2. The van der Waals surface area contributed by atoms with Crippen LogP contribution in [0.3, 0.4) is 0 Å². The number of hydrogen-bond acceptors (Lipinski definition) is 3. The first-order valence-corrected chi connectivity index (χ1v) is 6.15. The van der Waals surface area contributed by atoms with Crippen LogP contribution in [0, 0.1) is 0 Å². The number of pyridine rings is 1. The molecular formula is C16H14N2O2. The molecule has 100 valence electrons. The van der Waals surface area contributed by atoms with Crippen molar-refractivity contribution < 1.29 is 9.59 Å². The number of rotatable bonds is 4. The molecule has 0 spiro atoms. The highest BCUT2D eigenvalue weighted by molar-refractivity contribution is 6.06. The van der Waals surface area contributed by atoms with Crippen molar-refractivity contribution in [1.82, 2.24) is 10.3 Å². The molecule has 2 aromatic rings. The van der Waals surface area contributed by atoms with E-state index in [0.29, 0.717) is 11.1 Å². The van der Waals surface area contributed by atoms with Gasteiger partial charge in [0.25, 0.3) is 5.91 Å². The Morgan fingerprint density at radius 2 is 1.85 bits per heavy atom. The second-order valence-electron chi connectivity index (χ2n) is 4.14. The fraction of sp³-hybridized carbons (Fsp3) is 0.0625. The van der Waals surface area contributed by atoms with E-state index in [0.717, 1.165) is 5.56 Å². The number of allylic oxidation sites excluding steroid dienone is 1. The molecule has 0 unspecified atom stereocenters. The second kappa shape index (κ2) is 6.43. The summed E-state index contributed by atoms with van der Waals surface area (Å²) in [6, 6.07) is 10.4. The molecule has 2 rings (SSSR count). The lowest BCUT2D eigenvalue weighted by atomic mass is 10.1. The van der Waals surface area contributed by atoms with Gasteiger partial charge in [-0.2, -0.15) is 0 Å². The van der Waals surface area contributed by atoms with Gasteiger partial charge in [-0.05, 0) is 35.9 Å². The van der Waals surface area contributed by atoms with Gasteiger partial charge in [0.2, 0.25) is 0 Å². The molecular weight excluding hydrogens is 252 g/mol. The molecule has 0 aliphatic heterocycles. The molecule has 0 atom stereocenters. The van der Waals surface area contributed by atoms with E-state index in [4.69, 9.17) is 0 Å². The number of aromatic nitrogens is 1. The molecule has 0 saturated heterocycles. The minimum absolute atomic E-state index is 0.103. The average Bonchev–Trinajstić information content (AvgIpc) is 2.53. The van der Waals surface area contributed by atoms with Gasteiger partial charge in [-0.15, -0.1) is 0 Å². The summed E-state index contributed by atoms with van der Waals surface area (Å²) in [5, 5.41) is 2.55. The highest BCUT2D eigenvalue weighted by Gasteiger charge is 2.02. The standard InChI is InChI=1S/C16H14N2O2/c1-17-16(20)13-7-4-12(5-8-13)6-9-15(19)14-3-2-10-18-11-14/h2-11H,1H3,(H,17,20)/b9-6+. The summed E-state index contributed by atoms with van der Waals surface area (Å²) in [5.41, 5.74) is 1.99. The normalized spacial score (nSPS) is 10.4. The third kappa shape index (κ3) is 3.38. The fourth-order valence-corrected chi connectivity index (χ4v) is 1.67. The van der Waals surface area contributed by atoms with Crippen LogP contribution in [0.5, 0.6) is 0 Å². The van der Waals surface area contributed by atoms with Crippen LogP contribution in [-0.4, -0.2) is 23.7 Å². The monoisotopic (exact) mass is 266 g/mol. The lowest BCUT2D eigenvalue weighted by Gasteiger charge is -2.00. The van der Waals surface area contributed by atoms with Crippen LogP contribution in [0.1, 0.15) is 26.3 Å². The van der Waals surface area contributed by atoms with Crippen molar-refractivity contribution in [3.63, 3.8) is 0 Å². The summed E-state index contributed by atoms with van der Waals surface area (Å²) in [4.78, 5) is 27.1. The zero-order valence-corrected chi connectivity index (χ0v) is 11.0. The van der Waals surface area contributed by atoms with E-state index in [2.05, 4.69) is 10.3 Å². The van der Waals surface area contributed by atoms with E-state index in [1.807, 2.05) is 0 Å². The highest BCUT2D eigenvalue weighted by Crippen LogP contribution is 2.07. The molecule has 0 radical (unpaired) electrons. The number of carbonyl (C=O) groups excluding carboxylic acids is 2. The SMILES string of the molecule is CNC(=O)c1ccc(/C=C/C(=O)c2cccnc2)cc1. The Balaban J connectivity index is 2.08. The summed E-state index contributed by atoms with van der Waals surface area (Å²) in [6.45, 7) is 0. The molecule has 1 aromatic heterocycles. The summed E-state index contributed by atoms with van der Waals surface area (Å²) < 4.78 is 0. The predicted octanol–water partition coefficient (Wildman–Crippen LogP) is 2.34. The molecule has 0 aliphatic rings. The summed E-state index contributed by atoms with van der Waals surface area (Å²) >= 11 is 0. The number of benzene rings is 1. The molecule has 4 heteroatoms. The average molecular weight is 266 g/mol. The molecule has 1 aromatic carbocycles. The van der Waals surface area contributed by atoms with E-state index in [1.54, 1.807) is 55.7 Å². The third-order valence-corrected chi connectivity index (χ3v) is 2.77. The Kier molecular flexibility index (Phi) is 4.39. The Labute approximate surface area is 117 Å². The lowest BCUT2D eigenvalue weighted by molar-refractivity contribution is 0.0962. The van der Waals surface area contributed by atoms with Crippen molar-refractivity contribution in [2.45, 2.75) is 0 Å². The van der Waals surface area contributed by atoms with Crippen molar-refractivity contribution in [2.75, 3.05) is 7.05 Å². The highest BCUT2D eigenvalue weighted by atomic mass is 16.1. The zero-order valence-electron chi connectivity index (χ0n) is 11.0. The van der Waals surface area contributed by atoms with E-state index < -0.39 is 0 Å². The van der Waals surface area contributed by atoms with Crippen LogP contribution in [0.15, 0.2) is 54.9 Å². The van der Waals surface area contributed by atoms with Crippen LogP contribution in [0.2, 0.25) is 0 Å². The first-order chi connectivity index (χ1) is 9.70. The topological polar surface area (TPSA) is 59.1 Å². The van der Waals surface area contributed by atoms with E-state index in [9.17, 15) is 9.59 Å². The summed E-state index contributed by atoms with van der Waals surface area (Å²) in [7, 11) is 1.59. The van der Waals surface area contributed by atoms with E-state index >= 15 is 0 Å². The molecule has 0 saturated carbocycles. The fourth-order valence-electron chi connectivity index (χ4n) is 1.67. The number of nitrogens with one attached hydrogen (secondary N) is 1. The van der Waals surface area contributed by atoms with Crippen LogP contribution in [0.4, 0.5) is 0 Å². The largest absolute Gasteiger partial charge is 0.355 e. The van der Waals surface area contributed by atoms with Gasteiger partial charge in [0.05, 0.1) is 0 Å². The number of ketones is 1. The van der Waals surface area contributed by atoms with Gasteiger partial charge < -0.3 is 5.32 Å². The van der Waals surface area contributed by atoms with E-state index in [-0.39, 0.29) is 11.7 Å². The van der Waals surface area contributed by atoms with Crippen molar-refractivity contribution >= 4 is 17.8 Å². The minimum atomic E-state index is -0.132. The Bertz CT molecular complexity index is 631. The maximum Gasteiger partial charge on any atom is 0.251 e. The first kappa shape index (κ1) is 13.7. The van der Waals surface area contributed by atoms with Gasteiger partial charge in [-0.25, -0.2) is 0 Å². The second-order valence-corrected chi connectivity index (χ2v) is 4.14. The zero-order chi connectivity index (χ0) is 14.4. The van der Waals surface area contributed by atoms with Gasteiger partial charge in [0, 0.05) is 30.6 Å². The molecule has 0 bridgehead atoms. The predicted molar refractivity (Wildman–Crippen MR) is 77.4 cm³/mol. The molecule has 1 heterocycles. The van der Waals surface area contributed by atoms with Crippen molar-refractivity contribution in [1.29, 1.82) is 0 Å². The smallest absolute Gasteiger partial charge is 0.251 e. The first-order valence-electron chi connectivity index (χ1n) is 6.15. The van der Waals surface area contributed by atoms with Crippen molar-refractivity contribution in [3.8, 4) is 0 Å². The van der Waals surface area contributed by atoms with Gasteiger partial charge in [0.15, 0.2) is 5.78 Å². The van der Waals surface area contributed by atoms with Crippen LogP contribution < -0.4 is 5.32 Å². The molecule has 1 amide bonds. The van der Waals surface area contributed by atoms with Gasteiger partial charge >= 0.3 is 0 Å². The molecule has 1 N–H and O–H groups in total. The van der Waals surface area contributed by atoms with E-state index in [1.165, 1.54) is 12.3 Å². The number of amides is 1. The Hall–Kier alpha value is -2.75. The van der Waals surface area contributed by atoms with Gasteiger partial charge in [-0.1, -0.05) is 18.2 Å². The molecule has 0 aliphatic carbocycles. The summed E-state index contributed by atoms with van der Waals surface area (Å²) in [6.07, 6.45) is 6.36.